The van der Waals surface area contributed by atoms with Gasteiger partial charge in [-0.25, -0.2) is 13.6 Å². The lowest BCUT2D eigenvalue weighted by molar-refractivity contribution is 0.0952. The number of carbonyl (C=O) groups excluding carboxylic acids is 1. The Morgan fingerprint density at radius 1 is 1.27 bits per heavy atom. The van der Waals surface area contributed by atoms with Crippen LogP contribution in [0.5, 0.6) is 0 Å². The number of nitrogens with zero attached hydrogens (tertiary/aromatic N) is 4. The lowest BCUT2D eigenvalue weighted by atomic mass is 10.1. The first-order valence-electron chi connectivity index (χ1n) is 7.88. The van der Waals surface area contributed by atoms with Crippen LogP contribution < -0.4 is 10.5 Å². The molecular formula is C15H18N6O3S2. The molecule has 2 heterocycles. The van der Waals surface area contributed by atoms with Gasteiger partial charge in [0.15, 0.2) is 5.82 Å². The number of hydrogen-bond donors (Lipinski definition) is 2. The van der Waals surface area contributed by atoms with Crippen LogP contribution in [-0.2, 0) is 16.4 Å². The van der Waals surface area contributed by atoms with Gasteiger partial charge < -0.3 is 5.32 Å². The Bertz CT molecular complexity index is 1040. The third-order valence-corrected chi connectivity index (χ3v) is 5.50. The van der Waals surface area contributed by atoms with Crippen molar-refractivity contribution in [1.29, 1.82) is 0 Å². The van der Waals surface area contributed by atoms with Gasteiger partial charge in [0.25, 0.3) is 5.91 Å². The van der Waals surface area contributed by atoms with Crippen molar-refractivity contribution >= 4 is 32.2 Å². The van der Waals surface area contributed by atoms with Crippen LogP contribution in [-0.4, -0.2) is 40.7 Å². The lowest BCUT2D eigenvalue weighted by Gasteiger charge is -2.04. The van der Waals surface area contributed by atoms with Crippen LogP contribution in [0.2, 0.25) is 0 Å². The topological polar surface area (TPSA) is 132 Å². The van der Waals surface area contributed by atoms with E-state index in [2.05, 4.69) is 20.6 Å². The molecule has 2 aromatic heterocycles. The van der Waals surface area contributed by atoms with Crippen LogP contribution in [0.3, 0.4) is 0 Å². The van der Waals surface area contributed by atoms with E-state index in [1.54, 1.807) is 16.6 Å². The number of rotatable bonds is 6. The van der Waals surface area contributed by atoms with Crippen LogP contribution in [0, 0.1) is 0 Å². The number of sulfonamides is 1. The van der Waals surface area contributed by atoms with E-state index in [0.717, 1.165) is 5.56 Å². The summed E-state index contributed by atoms with van der Waals surface area (Å²) in [5.74, 6) is 0.588. The number of hydrogen-bond acceptors (Lipinski definition) is 7. The maximum Gasteiger partial charge on any atom is 0.282 e. The van der Waals surface area contributed by atoms with E-state index in [1.165, 1.54) is 23.5 Å². The molecule has 3 rings (SSSR count). The largest absolute Gasteiger partial charge is 0.350 e. The number of amides is 1. The molecule has 3 aromatic rings. The number of nitrogens with one attached hydrogen (secondary N) is 1. The Morgan fingerprint density at radius 3 is 2.58 bits per heavy atom. The molecule has 0 spiro atoms. The first-order valence-corrected chi connectivity index (χ1v) is 10.2. The van der Waals surface area contributed by atoms with Crippen LogP contribution >= 0.6 is 11.3 Å². The zero-order chi connectivity index (χ0) is 18.9. The molecule has 0 saturated heterocycles. The molecule has 1 amide bonds. The lowest BCUT2D eigenvalue weighted by Crippen LogP contribution is -2.25. The number of benzene rings is 1. The third-order valence-electron chi connectivity index (χ3n) is 3.68. The Kier molecular flexibility index (Phi) is 5.03. The zero-order valence-electron chi connectivity index (χ0n) is 14.2. The maximum atomic E-state index is 12.2. The van der Waals surface area contributed by atoms with Crippen LogP contribution in [0.25, 0.3) is 4.96 Å². The van der Waals surface area contributed by atoms with Gasteiger partial charge in [0.05, 0.1) is 4.90 Å². The van der Waals surface area contributed by atoms with Gasteiger partial charge >= 0.3 is 0 Å². The Balaban J connectivity index is 1.60. The summed E-state index contributed by atoms with van der Waals surface area (Å²) in [4.78, 5) is 12.9. The third kappa shape index (κ3) is 3.89. The van der Waals surface area contributed by atoms with Crippen molar-refractivity contribution < 1.29 is 13.2 Å². The smallest absolute Gasteiger partial charge is 0.282 e. The van der Waals surface area contributed by atoms with Crippen LogP contribution in [0.15, 0.2) is 29.2 Å². The minimum absolute atomic E-state index is 0.0611. The van der Waals surface area contributed by atoms with E-state index in [0.29, 0.717) is 28.8 Å². The van der Waals surface area contributed by atoms with Crippen LogP contribution in [0.1, 0.15) is 41.0 Å². The summed E-state index contributed by atoms with van der Waals surface area (Å²) in [6.45, 7) is 4.36. The molecule has 0 aliphatic rings. The molecule has 0 unspecified atom stereocenters. The fourth-order valence-electron chi connectivity index (χ4n) is 2.33. The van der Waals surface area contributed by atoms with Crippen molar-refractivity contribution in [3.05, 3.63) is 40.7 Å². The number of fused-ring (bicyclic) bond motifs is 1. The molecule has 0 fully saturated rings. The van der Waals surface area contributed by atoms with Crippen molar-refractivity contribution in [2.45, 2.75) is 31.1 Å². The molecule has 0 atom stereocenters. The average Bonchev–Trinajstić information content (AvgIpc) is 3.14. The Labute approximate surface area is 154 Å². The van der Waals surface area contributed by atoms with E-state index in [-0.39, 0.29) is 16.7 Å². The Hall–Kier alpha value is -2.37. The van der Waals surface area contributed by atoms with Gasteiger partial charge in [0.2, 0.25) is 20.0 Å². The van der Waals surface area contributed by atoms with Gasteiger partial charge in [-0.1, -0.05) is 37.3 Å². The Morgan fingerprint density at radius 2 is 1.96 bits per heavy atom. The summed E-state index contributed by atoms with van der Waals surface area (Å²) in [6.07, 6.45) is 0.554. The minimum Gasteiger partial charge on any atom is -0.350 e. The fourth-order valence-corrected chi connectivity index (χ4v) is 3.60. The fraction of sp³-hybridized carbons (Fsp3) is 0.333. The molecule has 138 valence electrons. The molecule has 3 N–H and O–H groups in total. The highest BCUT2D eigenvalue weighted by Crippen LogP contribution is 2.18. The molecule has 0 radical (unpaired) electrons. The molecule has 9 nitrogen and oxygen atoms in total. The molecule has 11 heteroatoms. The van der Waals surface area contributed by atoms with E-state index < -0.39 is 10.0 Å². The SMILES string of the molecule is CC(C)c1nnc2sc(C(=O)NCCc3ccc(S(N)(=O)=O)cc3)nn12. The van der Waals surface area contributed by atoms with Crippen molar-refractivity contribution in [3.8, 4) is 0 Å². The number of nitrogens with two attached hydrogens (primary N) is 1. The van der Waals surface area contributed by atoms with Crippen molar-refractivity contribution in [2.75, 3.05) is 6.54 Å². The molecule has 26 heavy (non-hydrogen) atoms. The predicted octanol–water partition coefficient (Wildman–Crippen LogP) is 0.929. The van der Waals surface area contributed by atoms with E-state index >= 15 is 0 Å². The van der Waals surface area contributed by atoms with Gasteiger partial charge in [-0.15, -0.1) is 15.3 Å². The summed E-state index contributed by atoms with van der Waals surface area (Å²) >= 11 is 1.18. The first-order chi connectivity index (χ1) is 12.3. The molecule has 0 saturated carbocycles. The summed E-state index contributed by atoms with van der Waals surface area (Å²) in [5.41, 5.74) is 0.887. The maximum absolute atomic E-state index is 12.2. The van der Waals surface area contributed by atoms with Gasteiger partial charge in [-0.3, -0.25) is 4.79 Å². The molecule has 0 bridgehead atoms. The van der Waals surface area contributed by atoms with Crippen molar-refractivity contribution in [1.82, 2.24) is 25.1 Å². The van der Waals surface area contributed by atoms with Gasteiger partial charge in [-0.2, -0.15) is 4.52 Å². The van der Waals surface area contributed by atoms with Crippen molar-refractivity contribution in [2.24, 2.45) is 5.14 Å². The number of carbonyl (C=O) groups is 1. The first kappa shape index (κ1) is 18.4. The van der Waals surface area contributed by atoms with Crippen LogP contribution in [0.4, 0.5) is 0 Å². The predicted molar refractivity (Wildman–Crippen MR) is 96.6 cm³/mol. The average molecular weight is 394 g/mol. The van der Waals surface area contributed by atoms with Crippen molar-refractivity contribution in [3.63, 3.8) is 0 Å². The standard InChI is InChI=1S/C15H18N6O3S2/c1-9(2)12-18-19-15-21(12)20-14(25-15)13(22)17-8-7-10-3-5-11(6-4-10)26(16,23)24/h3-6,9H,7-8H2,1-2H3,(H,17,22)(H2,16,23,24). The zero-order valence-corrected chi connectivity index (χ0v) is 15.8. The normalized spacial score (nSPS) is 12.0. The highest BCUT2D eigenvalue weighted by atomic mass is 32.2. The van der Waals surface area contributed by atoms with Gasteiger partial charge in [0, 0.05) is 12.5 Å². The number of primary sulfonamides is 1. The molecular weight excluding hydrogens is 376 g/mol. The monoisotopic (exact) mass is 394 g/mol. The second-order valence-electron chi connectivity index (χ2n) is 6.01. The van der Waals surface area contributed by atoms with E-state index in [1.807, 2.05) is 13.8 Å². The highest BCUT2D eigenvalue weighted by molar-refractivity contribution is 7.89. The van der Waals surface area contributed by atoms with Gasteiger partial charge in [0.1, 0.15) is 0 Å². The molecule has 0 aliphatic heterocycles. The summed E-state index contributed by atoms with van der Waals surface area (Å²) in [6, 6.07) is 6.24. The highest BCUT2D eigenvalue weighted by Gasteiger charge is 2.18. The second-order valence-corrected chi connectivity index (χ2v) is 8.53. The second kappa shape index (κ2) is 7.09. The van der Waals surface area contributed by atoms with E-state index in [4.69, 9.17) is 5.14 Å². The molecule has 1 aromatic carbocycles. The van der Waals surface area contributed by atoms with E-state index in [9.17, 15) is 13.2 Å². The summed E-state index contributed by atoms with van der Waals surface area (Å²) < 4.78 is 24.0. The summed E-state index contributed by atoms with van der Waals surface area (Å²) in [7, 11) is -3.70. The number of aromatic nitrogens is 4. The quantitative estimate of drug-likeness (QED) is 0.639. The summed E-state index contributed by atoms with van der Waals surface area (Å²) in [5, 5.41) is 20.5. The molecule has 0 aliphatic carbocycles. The van der Waals surface area contributed by atoms with Gasteiger partial charge in [-0.05, 0) is 24.1 Å². The minimum atomic E-state index is -3.70.